The van der Waals surface area contributed by atoms with Gasteiger partial charge < -0.3 is 15.1 Å². The van der Waals surface area contributed by atoms with Crippen molar-refractivity contribution in [3.63, 3.8) is 0 Å². The number of carbonyl (C=O) groups excluding carboxylic acids is 1. The highest BCUT2D eigenvalue weighted by Crippen LogP contribution is 2.30. The average Bonchev–Trinajstić information content (AvgIpc) is 2.83. The second kappa shape index (κ2) is 11.9. The van der Waals surface area contributed by atoms with E-state index in [9.17, 15) is 18.0 Å². The molecule has 2 aromatic rings. The monoisotopic (exact) mass is 511 g/mol. The van der Waals surface area contributed by atoms with Crippen LogP contribution in [0.3, 0.4) is 0 Å². The number of aromatic nitrogens is 1. The van der Waals surface area contributed by atoms with Crippen LogP contribution >= 0.6 is 11.6 Å². The maximum atomic E-state index is 12.7. The number of pyridine rings is 1. The quantitative estimate of drug-likeness (QED) is 0.610. The van der Waals surface area contributed by atoms with Gasteiger partial charge in [-0.2, -0.15) is 13.2 Å². The van der Waals surface area contributed by atoms with E-state index in [4.69, 9.17) is 11.6 Å². The first-order valence-electron chi connectivity index (χ1n) is 11.6. The van der Waals surface area contributed by atoms with Crippen molar-refractivity contribution in [2.24, 2.45) is 0 Å². The van der Waals surface area contributed by atoms with E-state index >= 15 is 0 Å². The number of halogens is 4. The number of rotatable bonds is 6. The van der Waals surface area contributed by atoms with Crippen LogP contribution in [-0.2, 0) is 11.0 Å². The lowest BCUT2D eigenvalue weighted by Crippen LogP contribution is -2.48. The van der Waals surface area contributed by atoms with E-state index in [0.717, 1.165) is 68.5 Å². The lowest BCUT2D eigenvalue weighted by Gasteiger charge is -2.36. The topological polar surface area (TPSA) is 51.7 Å². The minimum atomic E-state index is -4.38. The Morgan fingerprint density at radius 3 is 2.34 bits per heavy atom. The fraction of sp³-hybridized carbons (Fsp3) is 0.520. The summed E-state index contributed by atoms with van der Waals surface area (Å²) in [6.45, 7) is 5.63. The van der Waals surface area contributed by atoms with Gasteiger partial charge >= 0.3 is 6.18 Å². The number of alkyl halides is 3. The first-order chi connectivity index (χ1) is 16.3. The smallest absolute Gasteiger partial charge is 0.369 e. The Bertz CT molecular complexity index is 956. The highest BCUT2D eigenvalue weighted by atomic mass is 35.5. The molecule has 2 aliphatic rings. The van der Waals surface area contributed by atoms with Gasteiger partial charge in [-0.25, -0.2) is 4.98 Å². The van der Waals surface area contributed by atoms with Crippen LogP contribution in [0.5, 0.6) is 0 Å². The molecule has 2 aliphatic heterocycles. The number of nitrogens with zero attached hydrogens (tertiary/aromatic N) is 4. The number of hydrogen-bond donors (Lipinski definition) is 1. The van der Waals surface area contributed by atoms with Crippen molar-refractivity contribution in [3.8, 4) is 0 Å². The van der Waals surface area contributed by atoms with Crippen LogP contribution in [-0.4, -0.2) is 67.6 Å². The first-order valence-corrected chi connectivity index (χ1v) is 12.0. The molecule has 2 saturated heterocycles. The van der Waals surface area contributed by atoms with Crippen molar-refractivity contribution in [1.82, 2.24) is 15.2 Å². The van der Waals surface area contributed by atoms with E-state index in [1.165, 1.54) is 6.07 Å². The molecule has 2 fully saturated rings. The zero-order chi connectivity index (χ0) is 24.1. The van der Waals surface area contributed by atoms with Gasteiger partial charge in [0, 0.05) is 75.2 Å². The van der Waals surface area contributed by atoms with Crippen LogP contribution in [0.15, 0.2) is 42.6 Å². The minimum absolute atomic E-state index is 0. The molecule has 6 nitrogen and oxygen atoms in total. The van der Waals surface area contributed by atoms with Gasteiger partial charge in [-0.15, -0.1) is 0 Å². The van der Waals surface area contributed by atoms with Crippen molar-refractivity contribution in [2.75, 3.05) is 55.6 Å². The van der Waals surface area contributed by atoms with E-state index in [1.54, 1.807) is 0 Å². The summed E-state index contributed by atoms with van der Waals surface area (Å²) in [7, 11) is 0. The predicted octanol–water partition coefficient (Wildman–Crippen LogP) is 4.69. The van der Waals surface area contributed by atoms with Crippen molar-refractivity contribution in [1.29, 1.82) is 0 Å². The molecule has 192 valence electrons. The summed E-state index contributed by atoms with van der Waals surface area (Å²) in [5.74, 6) is 0.582. The fourth-order valence-electron chi connectivity index (χ4n) is 4.46. The first kappa shape index (κ1) is 27.1. The van der Waals surface area contributed by atoms with Crippen molar-refractivity contribution >= 4 is 29.0 Å². The Morgan fingerprint density at radius 1 is 1.03 bits per heavy atom. The number of hydrogen-bond acceptors (Lipinski definition) is 5. The van der Waals surface area contributed by atoms with E-state index in [-0.39, 0.29) is 19.4 Å². The van der Waals surface area contributed by atoms with Crippen LogP contribution in [0.25, 0.3) is 0 Å². The molecule has 1 aromatic carbocycles. The summed E-state index contributed by atoms with van der Waals surface area (Å²) < 4.78 is 38.1. The van der Waals surface area contributed by atoms with Gasteiger partial charge in [0.2, 0.25) is 5.91 Å². The lowest BCUT2D eigenvalue weighted by molar-refractivity contribution is -0.137. The normalized spacial score (nSPS) is 17.7. The molecule has 3 heterocycles. The van der Waals surface area contributed by atoms with Gasteiger partial charge in [0.1, 0.15) is 5.82 Å². The number of anilines is 2. The Morgan fingerprint density at radius 2 is 1.74 bits per heavy atom. The van der Waals surface area contributed by atoms with Gasteiger partial charge in [0.05, 0.1) is 5.56 Å². The van der Waals surface area contributed by atoms with Crippen molar-refractivity contribution < 1.29 is 18.0 Å². The van der Waals surface area contributed by atoms with Crippen LogP contribution in [0.2, 0.25) is 5.02 Å². The predicted molar refractivity (Wildman–Crippen MR) is 134 cm³/mol. The van der Waals surface area contributed by atoms with E-state index in [1.807, 2.05) is 23.1 Å². The molecule has 0 bridgehead atoms. The fourth-order valence-corrected chi connectivity index (χ4v) is 4.64. The van der Waals surface area contributed by atoms with Gasteiger partial charge in [0.15, 0.2) is 0 Å². The van der Waals surface area contributed by atoms with E-state index < -0.39 is 11.7 Å². The summed E-state index contributed by atoms with van der Waals surface area (Å²) in [4.78, 5) is 23.0. The SMILES string of the molecule is C.O=C(CCN1CCN(c2cccc(Cl)c2)CC1)NC1CCN(c2ccc(C(F)(F)F)cn2)CC1. The maximum absolute atomic E-state index is 12.7. The van der Waals surface area contributed by atoms with Crippen molar-refractivity contribution in [3.05, 3.63) is 53.2 Å². The summed E-state index contributed by atoms with van der Waals surface area (Å²) in [6.07, 6.45) is -1.57. The van der Waals surface area contributed by atoms with Crippen molar-refractivity contribution in [2.45, 2.75) is 38.9 Å². The van der Waals surface area contributed by atoms with Gasteiger partial charge in [-0.05, 0) is 43.2 Å². The number of benzene rings is 1. The molecular formula is C25H33ClF3N5O. The lowest BCUT2D eigenvalue weighted by atomic mass is 10.0. The zero-order valence-electron chi connectivity index (χ0n) is 18.9. The highest BCUT2D eigenvalue weighted by molar-refractivity contribution is 6.30. The van der Waals surface area contributed by atoms with Crippen LogP contribution in [0.4, 0.5) is 24.7 Å². The van der Waals surface area contributed by atoms with Gasteiger partial charge in [0.25, 0.3) is 0 Å². The molecule has 35 heavy (non-hydrogen) atoms. The third-order valence-electron chi connectivity index (χ3n) is 6.46. The number of piperidine rings is 1. The highest BCUT2D eigenvalue weighted by Gasteiger charge is 2.31. The standard InChI is InChI=1S/C24H29ClF3N5O.CH4/c25-19-2-1-3-21(16-19)32-14-12-31(13-15-32)9-8-23(34)30-20-6-10-33(11-7-20)22-5-4-18(17-29-22)24(26,27)28;/h1-5,16-17,20H,6-15H2,(H,30,34);1H4. The molecule has 1 N–H and O–H groups in total. The Kier molecular flexibility index (Phi) is 9.24. The third kappa shape index (κ3) is 7.48. The molecule has 0 spiro atoms. The molecule has 1 amide bonds. The van der Waals surface area contributed by atoms with Crippen LogP contribution in [0.1, 0.15) is 32.3 Å². The van der Waals surface area contributed by atoms with Gasteiger partial charge in [-0.3, -0.25) is 9.69 Å². The Labute approximate surface area is 210 Å². The molecule has 0 saturated carbocycles. The van der Waals surface area contributed by atoms with Gasteiger partial charge in [-0.1, -0.05) is 25.1 Å². The molecular weight excluding hydrogens is 479 g/mol. The molecule has 1 aromatic heterocycles. The van der Waals surface area contributed by atoms with Crippen LogP contribution < -0.4 is 15.1 Å². The summed E-state index contributed by atoms with van der Waals surface area (Å²) >= 11 is 6.09. The molecule has 0 atom stereocenters. The molecule has 0 aliphatic carbocycles. The molecule has 0 radical (unpaired) electrons. The number of piperazine rings is 1. The zero-order valence-corrected chi connectivity index (χ0v) is 19.7. The van der Waals surface area contributed by atoms with E-state index in [2.05, 4.69) is 26.2 Å². The molecule has 10 heteroatoms. The van der Waals surface area contributed by atoms with Crippen LogP contribution in [0, 0.1) is 0 Å². The average molecular weight is 512 g/mol. The summed E-state index contributed by atoms with van der Waals surface area (Å²) in [6, 6.07) is 10.4. The summed E-state index contributed by atoms with van der Waals surface area (Å²) in [5.41, 5.74) is 0.381. The molecule has 0 unspecified atom stereocenters. The van der Waals surface area contributed by atoms with E-state index in [0.29, 0.717) is 25.3 Å². The maximum Gasteiger partial charge on any atom is 0.417 e. The number of nitrogens with one attached hydrogen (secondary N) is 1. The second-order valence-electron chi connectivity index (χ2n) is 8.79. The largest absolute Gasteiger partial charge is 0.417 e. The minimum Gasteiger partial charge on any atom is -0.369 e. The second-order valence-corrected chi connectivity index (χ2v) is 9.23. The molecule has 4 rings (SSSR count). The number of amides is 1. The summed E-state index contributed by atoms with van der Waals surface area (Å²) in [5, 5.41) is 3.85. The Balaban J connectivity index is 0.00000342. The third-order valence-corrected chi connectivity index (χ3v) is 6.70. The Hall–Kier alpha value is -2.52. The number of carbonyl (C=O) groups is 1.